The predicted molar refractivity (Wildman–Crippen MR) is 100 cm³/mol. The van der Waals surface area contributed by atoms with Crippen molar-refractivity contribution in [3.63, 3.8) is 0 Å². The molecule has 0 bridgehead atoms. The van der Waals surface area contributed by atoms with Crippen molar-refractivity contribution in [2.75, 3.05) is 20.2 Å². The van der Waals surface area contributed by atoms with Crippen molar-refractivity contribution in [1.29, 1.82) is 0 Å². The number of amides is 1. The monoisotopic (exact) mass is 356 g/mol. The van der Waals surface area contributed by atoms with Gasteiger partial charge in [0.2, 0.25) is 0 Å². The molecule has 1 spiro atoms. The molecule has 2 aromatic heterocycles. The molecule has 2 fully saturated rings. The van der Waals surface area contributed by atoms with Gasteiger partial charge < -0.3 is 14.2 Å². The number of hydrogen-bond donors (Lipinski definition) is 0. The number of carbonyl (C=O) groups is 1. The van der Waals surface area contributed by atoms with E-state index in [-0.39, 0.29) is 17.4 Å². The zero-order valence-electron chi connectivity index (χ0n) is 15.9. The number of pyridine rings is 1. The third kappa shape index (κ3) is 2.80. The molecule has 1 amide bonds. The first-order chi connectivity index (χ1) is 12.5. The highest BCUT2D eigenvalue weighted by Gasteiger charge is 2.46. The van der Waals surface area contributed by atoms with Gasteiger partial charge in [-0.2, -0.15) is 0 Å². The van der Waals surface area contributed by atoms with Crippen molar-refractivity contribution in [3.8, 4) is 0 Å². The minimum absolute atomic E-state index is 0.0688. The van der Waals surface area contributed by atoms with Gasteiger partial charge in [-0.05, 0) is 45.6 Å². The minimum Gasteiger partial charge on any atom is -0.381 e. The molecular formula is C20H28N4O2. The van der Waals surface area contributed by atoms with E-state index in [4.69, 9.17) is 4.74 Å². The number of aromatic nitrogens is 3. The third-order valence-electron chi connectivity index (χ3n) is 6.22. The van der Waals surface area contributed by atoms with Crippen LogP contribution in [0.25, 0.3) is 11.2 Å². The fraction of sp³-hybridized carbons (Fsp3) is 0.650. The molecule has 140 valence electrons. The van der Waals surface area contributed by atoms with Crippen LogP contribution in [0, 0.1) is 5.41 Å². The first-order valence-corrected chi connectivity index (χ1v) is 9.69. The SMILES string of the molecule is CO[C@@H]1CCC[C@]12CCCN(C(=O)c1cnc3c(c1)ncn3C(C)C)C2. The van der Waals surface area contributed by atoms with Gasteiger partial charge in [-0.1, -0.05) is 6.42 Å². The van der Waals surface area contributed by atoms with Crippen LogP contribution >= 0.6 is 0 Å². The summed E-state index contributed by atoms with van der Waals surface area (Å²) >= 11 is 0. The maximum Gasteiger partial charge on any atom is 0.255 e. The van der Waals surface area contributed by atoms with E-state index in [9.17, 15) is 4.79 Å². The van der Waals surface area contributed by atoms with Gasteiger partial charge in [0.15, 0.2) is 5.65 Å². The summed E-state index contributed by atoms with van der Waals surface area (Å²) in [4.78, 5) is 24.1. The number of rotatable bonds is 3. The van der Waals surface area contributed by atoms with Crippen LogP contribution in [0.5, 0.6) is 0 Å². The smallest absolute Gasteiger partial charge is 0.255 e. The van der Waals surface area contributed by atoms with Gasteiger partial charge in [0.25, 0.3) is 5.91 Å². The average molecular weight is 356 g/mol. The standard InChI is InChI=1S/C20H28N4O2/c1-14(2)24-13-22-16-10-15(11-21-18(16)24)19(25)23-9-5-8-20(12-23)7-4-6-17(20)26-3/h10-11,13-14,17H,4-9,12H2,1-3H3/t17-,20-/m1/s1. The van der Waals surface area contributed by atoms with Crippen LogP contribution in [-0.2, 0) is 4.74 Å². The first kappa shape index (κ1) is 17.5. The van der Waals surface area contributed by atoms with Crippen molar-refractivity contribution < 1.29 is 9.53 Å². The third-order valence-corrected chi connectivity index (χ3v) is 6.22. The van der Waals surface area contributed by atoms with Crippen LogP contribution in [0.15, 0.2) is 18.6 Å². The van der Waals surface area contributed by atoms with Crippen LogP contribution in [0.2, 0.25) is 0 Å². The van der Waals surface area contributed by atoms with Gasteiger partial charge in [0.1, 0.15) is 5.52 Å². The highest BCUT2D eigenvalue weighted by atomic mass is 16.5. The normalized spacial score (nSPS) is 26.3. The Morgan fingerprint density at radius 1 is 1.31 bits per heavy atom. The lowest BCUT2D eigenvalue weighted by Gasteiger charge is -2.43. The molecule has 1 aliphatic heterocycles. The lowest BCUT2D eigenvalue weighted by atomic mass is 9.76. The number of hydrogen-bond acceptors (Lipinski definition) is 4. The van der Waals surface area contributed by atoms with Crippen LogP contribution in [-0.4, -0.2) is 51.6 Å². The molecule has 0 aromatic carbocycles. The molecule has 2 atom stereocenters. The number of piperidine rings is 1. The van der Waals surface area contributed by atoms with Crippen molar-refractivity contribution >= 4 is 17.1 Å². The Morgan fingerprint density at radius 3 is 2.88 bits per heavy atom. The van der Waals surface area contributed by atoms with Crippen LogP contribution in [0.4, 0.5) is 0 Å². The molecule has 6 nitrogen and oxygen atoms in total. The molecule has 0 N–H and O–H groups in total. The molecule has 26 heavy (non-hydrogen) atoms. The van der Waals surface area contributed by atoms with Crippen LogP contribution < -0.4 is 0 Å². The first-order valence-electron chi connectivity index (χ1n) is 9.69. The fourth-order valence-corrected chi connectivity index (χ4v) is 4.87. The maximum atomic E-state index is 13.1. The van der Waals surface area contributed by atoms with E-state index in [1.54, 1.807) is 19.6 Å². The highest BCUT2D eigenvalue weighted by Crippen LogP contribution is 2.46. The molecule has 1 aliphatic carbocycles. The summed E-state index contributed by atoms with van der Waals surface area (Å²) in [6.07, 6.45) is 9.45. The number of nitrogens with zero attached hydrogens (tertiary/aromatic N) is 4. The largest absolute Gasteiger partial charge is 0.381 e. The van der Waals surface area contributed by atoms with E-state index in [0.717, 1.165) is 49.9 Å². The number of carbonyl (C=O) groups excluding carboxylic acids is 1. The van der Waals surface area contributed by atoms with Crippen LogP contribution in [0.3, 0.4) is 0 Å². The van der Waals surface area contributed by atoms with Gasteiger partial charge in [-0.3, -0.25) is 4.79 Å². The Morgan fingerprint density at radius 2 is 2.12 bits per heavy atom. The summed E-state index contributed by atoms with van der Waals surface area (Å²) in [6, 6.07) is 2.18. The van der Waals surface area contributed by atoms with Crippen molar-refractivity contribution in [1.82, 2.24) is 19.4 Å². The number of imidazole rings is 1. The van der Waals surface area contributed by atoms with Gasteiger partial charge >= 0.3 is 0 Å². The van der Waals surface area contributed by atoms with E-state index < -0.39 is 0 Å². The maximum absolute atomic E-state index is 13.1. The van der Waals surface area contributed by atoms with Crippen molar-refractivity contribution in [2.24, 2.45) is 5.41 Å². The summed E-state index contributed by atoms with van der Waals surface area (Å²) < 4.78 is 7.79. The number of likely N-dealkylation sites (tertiary alicyclic amines) is 1. The lowest BCUT2D eigenvalue weighted by Crippen LogP contribution is -2.49. The van der Waals surface area contributed by atoms with E-state index in [1.807, 2.05) is 15.5 Å². The second-order valence-electron chi connectivity index (χ2n) is 8.12. The summed E-state index contributed by atoms with van der Waals surface area (Å²) in [5.74, 6) is 0.0688. The Bertz CT molecular complexity index is 815. The molecule has 1 saturated carbocycles. The second-order valence-corrected chi connectivity index (χ2v) is 8.12. The van der Waals surface area contributed by atoms with Gasteiger partial charge in [0.05, 0.1) is 18.0 Å². The number of ether oxygens (including phenoxy) is 1. The molecule has 6 heteroatoms. The van der Waals surface area contributed by atoms with Crippen molar-refractivity contribution in [2.45, 2.75) is 58.1 Å². The summed E-state index contributed by atoms with van der Waals surface area (Å²) in [5.41, 5.74) is 2.39. The molecule has 2 aromatic rings. The Kier molecular flexibility index (Phi) is 4.47. The average Bonchev–Trinajstić information content (AvgIpc) is 3.24. The molecular weight excluding hydrogens is 328 g/mol. The van der Waals surface area contributed by atoms with E-state index >= 15 is 0 Å². The van der Waals surface area contributed by atoms with Crippen LogP contribution in [0.1, 0.15) is 62.4 Å². The van der Waals surface area contributed by atoms with E-state index in [0.29, 0.717) is 11.6 Å². The van der Waals surface area contributed by atoms with Gasteiger partial charge in [-0.15, -0.1) is 0 Å². The quantitative estimate of drug-likeness (QED) is 0.845. The topological polar surface area (TPSA) is 60.2 Å². The predicted octanol–water partition coefficient (Wildman–Crippen LogP) is 3.43. The summed E-state index contributed by atoms with van der Waals surface area (Å²) in [6.45, 7) is 5.81. The summed E-state index contributed by atoms with van der Waals surface area (Å²) in [5, 5.41) is 0. The highest BCUT2D eigenvalue weighted by molar-refractivity contribution is 5.96. The lowest BCUT2D eigenvalue weighted by molar-refractivity contribution is -0.0295. The molecule has 2 aliphatic rings. The minimum atomic E-state index is 0.0688. The molecule has 3 heterocycles. The van der Waals surface area contributed by atoms with E-state index in [2.05, 4.69) is 23.8 Å². The molecule has 0 unspecified atom stereocenters. The Hall–Kier alpha value is -1.95. The zero-order valence-corrected chi connectivity index (χ0v) is 15.9. The Labute approximate surface area is 154 Å². The molecule has 4 rings (SSSR count). The molecule has 0 radical (unpaired) electrons. The second kappa shape index (κ2) is 6.65. The fourth-order valence-electron chi connectivity index (χ4n) is 4.87. The zero-order chi connectivity index (χ0) is 18.3. The Balaban J connectivity index is 1.58. The summed E-state index contributed by atoms with van der Waals surface area (Å²) in [7, 11) is 1.81. The number of methoxy groups -OCH3 is 1. The van der Waals surface area contributed by atoms with Crippen molar-refractivity contribution in [3.05, 3.63) is 24.2 Å². The van der Waals surface area contributed by atoms with Gasteiger partial charge in [-0.25, -0.2) is 9.97 Å². The van der Waals surface area contributed by atoms with E-state index in [1.165, 1.54) is 6.42 Å². The number of fused-ring (bicyclic) bond motifs is 1. The molecule has 1 saturated heterocycles. The van der Waals surface area contributed by atoms with Gasteiger partial charge in [0, 0.05) is 37.9 Å².